The van der Waals surface area contributed by atoms with E-state index < -0.39 is 10.0 Å². The van der Waals surface area contributed by atoms with E-state index in [4.69, 9.17) is 0 Å². The van der Waals surface area contributed by atoms with E-state index in [-0.39, 0.29) is 5.91 Å². The van der Waals surface area contributed by atoms with Crippen LogP contribution in [0.3, 0.4) is 0 Å². The number of hydrogen-bond acceptors (Lipinski definition) is 5. The maximum absolute atomic E-state index is 13.2. The number of pyridine rings is 1. The highest BCUT2D eigenvalue weighted by atomic mass is 32.2. The maximum atomic E-state index is 13.2. The molecule has 1 aliphatic heterocycles. The van der Waals surface area contributed by atoms with Gasteiger partial charge in [0, 0.05) is 43.8 Å². The molecule has 0 saturated carbocycles. The van der Waals surface area contributed by atoms with Crippen LogP contribution in [0, 0.1) is 13.8 Å². The summed E-state index contributed by atoms with van der Waals surface area (Å²) in [6, 6.07) is 11.1. The Morgan fingerprint density at radius 2 is 1.87 bits per heavy atom. The van der Waals surface area contributed by atoms with Crippen LogP contribution in [0.4, 0.5) is 0 Å². The zero-order valence-electron chi connectivity index (χ0n) is 17.0. The number of sulfonamides is 1. The molecule has 0 N–H and O–H groups in total. The van der Waals surface area contributed by atoms with E-state index in [1.54, 1.807) is 28.6 Å². The van der Waals surface area contributed by atoms with Crippen molar-refractivity contribution >= 4 is 27.3 Å². The highest BCUT2D eigenvalue weighted by molar-refractivity contribution is 7.91. The number of carbonyl (C=O) groups excluding carboxylic acids is 1. The Balaban J connectivity index is 1.47. The van der Waals surface area contributed by atoms with Gasteiger partial charge < -0.3 is 9.47 Å². The van der Waals surface area contributed by atoms with Gasteiger partial charge in [-0.15, -0.1) is 11.3 Å². The fourth-order valence-electron chi connectivity index (χ4n) is 3.75. The second-order valence-electron chi connectivity index (χ2n) is 7.32. The number of aromatic nitrogens is 2. The molecule has 0 aliphatic carbocycles. The number of thiophene rings is 1. The third-order valence-electron chi connectivity index (χ3n) is 5.47. The summed E-state index contributed by atoms with van der Waals surface area (Å²) in [5.41, 5.74) is 3.50. The van der Waals surface area contributed by atoms with Crippen molar-refractivity contribution in [1.82, 2.24) is 18.8 Å². The Morgan fingerprint density at radius 3 is 2.50 bits per heavy atom. The third kappa shape index (κ3) is 3.92. The van der Waals surface area contributed by atoms with Crippen molar-refractivity contribution < 1.29 is 13.2 Å². The Labute approximate surface area is 180 Å². The summed E-state index contributed by atoms with van der Waals surface area (Å²) in [7, 11) is -3.47. The monoisotopic (exact) mass is 444 g/mol. The zero-order chi connectivity index (χ0) is 21.3. The number of piperazine rings is 1. The van der Waals surface area contributed by atoms with Crippen LogP contribution in [-0.4, -0.2) is 59.3 Å². The average molecular weight is 445 g/mol. The summed E-state index contributed by atoms with van der Waals surface area (Å²) in [6.45, 7) is 5.91. The van der Waals surface area contributed by atoms with Crippen molar-refractivity contribution in [2.45, 2.75) is 24.6 Å². The molecule has 7 nitrogen and oxygen atoms in total. The first-order valence-electron chi connectivity index (χ1n) is 9.77. The molecule has 158 valence electrons. The summed E-state index contributed by atoms with van der Waals surface area (Å²) < 4.78 is 29.3. The van der Waals surface area contributed by atoms with Crippen molar-refractivity contribution in [3.05, 3.63) is 70.6 Å². The van der Waals surface area contributed by atoms with Crippen LogP contribution < -0.4 is 0 Å². The molecule has 0 bridgehead atoms. The predicted molar refractivity (Wildman–Crippen MR) is 116 cm³/mol. The molecule has 1 fully saturated rings. The van der Waals surface area contributed by atoms with Crippen LogP contribution in [0.15, 0.2) is 52.2 Å². The van der Waals surface area contributed by atoms with Gasteiger partial charge in [0.05, 0.1) is 17.8 Å². The van der Waals surface area contributed by atoms with Crippen molar-refractivity contribution in [3.8, 4) is 0 Å². The van der Waals surface area contributed by atoms with Crippen molar-refractivity contribution in [2.75, 3.05) is 26.2 Å². The molecule has 3 aromatic heterocycles. The van der Waals surface area contributed by atoms with Crippen LogP contribution in [0.2, 0.25) is 0 Å². The number of rotatable bonds is 5. The molecular formula is C21H24N4O3S2. The first-order valence-corrected chi connectivity index (χ1v) is 12.1. The lowest BCUT2D eigenvalue weighted by molar-refractivity contribution is 0.0697. The molecule has 0 atom stereocenters. The van der Waals surface area contributed by atoms with Crippen molar-refractivity contribution in [3.63, 3.8) is 0 Å². The van der Waals surface area contributed by atoms with E-state index >= 15 is 0 Å². The summed E-state index contributed by atoms with van der Waals surface area (Å²) >= 11 is 1.22. The molecule has 0 aromatic carbocycles. The SMILES string of the molecule is Cc1cc(C(=O)N2CCN(S(=O)(=O)c3cccs3)CC2)c(C)n1Cc1ccccn1. The number of aryl methyl sites for hydroxylation is 1. The highest BCUT2D eigenvalue weighted by Crippen LogP contribution is 2.23. The minimum Gasteiger partial charge on any atom is -0.342 e. The average Bonchev–Trinajstić information content (AvgIpc) is 3.39. The van der Waals surface area contributed by atoms with Gasteiger partial charge in [0.15, 0.2) is 0 Å². The lowest BCUT2D eigenvalue weighted by atomic mass is 10.2. The number of carbonyl (C=O) groups is 1. The molecule has 1 amide bonds. The molecule has 0 spiro atoms. The zero-order valence-corrected chi connectivity index (χ0v) is 18.6. The molecule has 0 radical (unpaired) electrons. The van der Waals surface area contributed by atoms with Crippen molar-refractivity contribution in [1.29, 1.82) is 0 Å². The van der Waals surface area contributed by atoms with E-state index in [2.05, 4.69) is 9.55 Å². The van der Waals surface area contributed by atoms with Gasteiger partial charge in [-0.2, -0.15) is 4.31 Å². The van der Waals surface area contributed by atoms with Gasteiger partial charge in [-0.05, 0) is 43.5 Å². The predicted octanol–water partition coefficient (Wildman–Crippen LogP) is 2.76. The van der Waals surface area contributed by atoms with Gasteiger partial charge in [-0.1, -0.05) is 12.1 Å². The molecule has 9 heteroatoms. The van der Waals surface area contributed by atoms with Crippen LogP contribution >= 0.6 is 11.3 Å². The fourth-order valence-corrected chi connectivity index (χ4v) is 6.32. The minimum atomic E-state index is -3.47. The third-order valence-corrected chi connectivity index (χ3v) is 8.74. The summed E-state index contributed by atoms with van der Waals surface area (Å²) in [5, 5.41) is 1.76. The Bertz CT molecular complexity index is 1130. The van der Waals surface area contributed by atoms with Gasteiger partial charge in [0.1, 0.15) is 4.21 Å². The smallest absolute Gasteiger partial charge is 0.255 e. The van der Waals surface area contributed by atoms with Gasteiger partial charge in [0.2, 0.25) is 0 Å². The summed E-state index contributed by atoms with van der Waals surface area (Å²) in [6.07, 6.45) is 1.76. The molecule has 4 rings (SSSR count). The topological polar surface area (TPSA) is 75.5 Å². The van der Waals surface area contributed by atoms with Gasteiger partial charge in [-0.25, -0.2) is 8.42 Å². The molecule has 3 aromatic rings. The van der Waals surface area contributed by atoms with Crippen LogP contribution in [-0.2, 0) is 16.6 Å². The Hall–Kier alpha value is -2.49. The molecule has 30 heavy (non-hydrogen) atoms. The lowest BCUT2D eigenvalue weighted by Gasteiger charge is -2.33. The van der Waals surface area contributed by atoms with Crippen molar-refractivity contribution in [2.24, 2.45) is 0 Å². The maximum Gasteiger partial charge on any atom is 0.255 e. The number of amides is 1. The Morgan fingerprint density at radius 1 is 1.10 bits per heavy atom. The number of nitrogens with zero attached hydrogens (tertiary/aromatic N) is 4. The summed E-state index contributed by atoms with van der Waals surface area (Å²) in [4.78, 5) is 19.3. The molecule has 1 saturated heterocycles. The van der Waals surface area contributed by atoms with E-state index in [9.17, 15) is 13.2 Å². The van der Waals surface area contributed by atoms with E-state index in [1.165, 1.54) is 15.6 Å². The first kappa shape index (κ1) is 20.8. The van der Waals surface area contributed by atoms with E-state index in [1.807, 2.05) is 38.1 Å². The molecular weight excluding hydrogens is 420 g/mol. The second-order valence-corrected chi connectivity index (χ2v) is 10.4. The Kier molecular flexibility index (Phi) is 5.77. The fraction of sp³-hybridized carbons (Fsp3) is 0.333. The van der Waals surface area contributed by atoms with Crippen LogP contribution in [0.25, 0.3) is 0 Å². The minimum absolute atomic E-state index is 0.0523. The van der Waals surface area contributed by atoms with Crippen LogP contribution in [0.5, 0.6) is 0 Å². The summed E-state index contributed by atoms with van der Waals surface area (Å²) in [5.74, 6) is -0.0523. The molecule has 1 aliphatic rings. The van der Waals surface area contributed by atoms with Gasteiger partial charge in [0.25, 0.3) is 15.9 Å². The van der Waals surface area contributed by atoms with E-state index in [0.29, 0.717) is 42.5 Å². The molecule has 0 unspecified atom stereocenters. The van der Waals surface area contributed by atoms with Gasteiger partial charge in [-0.3, -0.25) is 9.78 Å². The molecule has 4 heterocycles. The highest BCUT2D eigenvalue weighted by Gasteiger charge is 2.31. The van der Waals surface area contributed by atoms with Gasteiger partial charge >= 0.3 is 0 Å². The quantitative estimate of drug-likeness (QED) is 0.606. The lowest BCUT2D eigenvalue weighted by Crippen LogP contribution is -2.50. The van der Waals surface area contributed by atoms with Crippen LogP contribution in [0.1, 0.15) is 27.4 Å². The first-order chi connectivity index (χ1) is 14.4. The van der Waals surface area contributed by atoms with E-state index in [0.717, 1.165) is 17.1 Å². The number of hydrogen-bond donors (Lipinski definition) is 0. The largest absolute Gasteiger partial charge is 0.342 e. The second kappa shape index (κ2) is 8.33. The standard InChI is InChI=1S/C21H24N4O3S2/c1-16-14-19(17(2)25(16)15-18-6-3-4-8-22-18)21(26)23-9-11-24(12-10-23)30(27,28)20-7-5-13-29-20/h3-8,13-14H,9-12,15H2,1-2H3. The normalized spacial score (nSPS) is 15.5.